The lowest BCUT2D eigenvalue weighted by Gasteiger charge is -2.25. The predicted octanol–water partition coefficient (Wildman–Crippen LogP) is 7.79. The lowest BCUT2D eigenvalue weighted by molar-refractivity contribution is -0.870. The quantitative estimate of drug-likeness (QED) is 0.0354. The van der Waals surface area contributed by atoms with Gasteiger partial charge in [0.15, 0.2) is 0 Å². The van der Waals surface area contributed by atoms with E-state index in [0.29, 0.717) is 17.4 Å². The smallest absolute Gasteiger partial charge is 0.387 e. The van der Waals surface area contributed by atoms with Gasteiger partial charge in [0.05, 0.1) is 39.9 Å². The summed E-state index contributed by atoms with van der Waals surface area (Å²) in [4.78, 5) is 22.8. The number of carbonyl (C=O) groups excluding carboxylic acids is 1. The van der Waals surface area contributed by atoms with Crippen LogP contribution in [0.4, 0.5) is 0 Å². The van der Waals surface area contributed by atoms with Gasteiger partial charge in [-0.3, -0.25) is 13.8 Å². The molecule has 0 aliphatic carbocycles. The van der Waals surface area contributed by atoms with Crippen molar-refractivity contribution in [2.24, 2.45) is 0 Å². The molecular formula is C34H64N2O6P+. The highest BCUT2D eigenvalue weighted by Gasteiger charge is 2.27. The van der Waals surface area contributed by atoms with Crippen molar-refractivity contribution in [1.82, 2.24) is 5.32 Å². The molecule has 0 saturated carbocycles. The Balaban J connectivity index is 4.76. The maximum atomic E-state index is 12.7. The number of unbranched alkanes of at least 4 members (excludes halogenated alkanes) is 9. The van der Waals surface area contributed by atoms with Crippen molar-refractivity contribution in [3.63, 3.8) is 0 Å². The minimum atomic E-state index is -4.33. The molecule has 0 aliphatic rings. The van der Waals surface area contributed by atoms with Crippen LogP contribution in [-0.4, -0.2) is 73.4 Å². The zero-order chi connectivity index (χ0) is 32.2. The third kappa shape index (κ3) is 29.0. The third-order valence-electron chi connectivity index (χ3n) is 6.73. The summed E-state index contributed by atoms with van der Waals surface area (Å²) in [7, 11) is 1.52. The lowest BCUT2D eigenvalue weighted by Crippen LogP contribution is -2.45. The number of nitrogens with one attached hydrogen (secondary N) is 1. The zero-order valence-corrected chi connectivity index (χ0v) is 28.8. The molecule has 9 heteroatoms. The summed E-state index contributed by atoms with van der Waals surface area (Å²) in [6.45, 7) is 4.60. The number of aliphatic hydroxyl groups excluding tert-OH is 1. The molecule has 0 fully saturated rings. The van der Waals surface area contributed by atoms with E-state index >= 15 is 0 Å². The van der Waals surface area contributed by atoms with E-state index in [1.54, 1.807) is 6.08 Å². The van der Waals surface area contributed by atoms with Gasteiger partial charge in [0.2, 0.25) is 5.91 Å². The van der Waals surface area contributed by atoms with Gasteiger partial charge in [0, 0.05) is 6.42 Å². The number of quaternary nitrogens is 1. The molecule has 0 radical (unpaired) electrons. The van der Waals surface area contributed by atoms with Gasteiger partial charge in [-0.2, -0.15) is 0 Å². The third-order valence-corrected chi connectivity index (χ3v) is 7.71. The van der Waals surface area contributed by atoms with Gasteiger partial charge in [-0.05, 0) is 57.8 Å². The number of nitrogens with zero attached hydrogens (tertiary/aromatic N) is 1. The Morgan fingerprint density at radius 1 is 0.767 bits per heavy atom. The summed E-state index contributed by atoms with van der Waals surface area (Å²) in [6, 6.07) is -0.870. The summed E-state index contributed by atoms with van der Waals surface area (Å²) in [5.74, 6) is -0.213. The van der Waals surface area contributed by atoms with Crippen LogP contribution in [0.25, 0.3) is 0 Å². The van der Waals surface area contributed by atoms with Crippen molar-refractivity contribution < 1.29 is 32.9 Å². The predicted molar refractivity (Wildman–Crippen MR) is 180 cm³/mol. The molecule has 8 nitrogen and oxygen atoms in total. The highest BCUT2D eigenvalue weighted by Crippen LogP contribution is 2.43. The maximum Gasteiger partial charge on any atom is 0.472 e. The van der Waals surface area contributed by atoms with Crippen LogP contribution in [0, 0.1) is 0 Å². The fraction of sp³-hybridized carbons (Fsp3) is 0.735. The Hall–Kier alpha value is -1.54. The zero-order valence-electron chi connectivity index (χ0n) is 27.9. The number of rotatable bonds is 28. The van der Waals surface area contributed by atoms with Crippen LogP contribution in [0.15, 0.2) is 48.6 Å². The number of amides is 1. The molecular weight excluding hydrogens is 563 g/mol. The molecule has 43 heavy (non-hydrogen) atoms. The van der Waals surface area contributed by atoms with E-state index in [1.165, 1.54) is 19.3 Å². The first kappa shape index (κ1) is 41.5. The molecule has 0 aliphatic heterocycles. The number of phosphoric acid groups is 1. The summed E-state index contributed by atoms with van der Waals surface area (Å²) in [6.07, 6.45) is 30.4. The molecule has 3 atom stereocenters. The minimum absolute atomic E-state index is 0.0494. The number of hydrogen-bond donors (Lipinski definition) is 3. The van der Waals surface area contributed by atoms with E-state index in [-0.39, 0.29) is 19.1 Å². The fourth-order valence-electron chi connectivity index (χ4n) is 4.00. The molecule has 0 spiro atoms. The molecule has 0 aromatic heterocycles. The normalized spacial score (nSPS) is 15.6. The number of carbonyl (C=O) groups is 1. The number of likely N-dealkylation sites (N-methyl/N-ethyl adjacent to an activating group) is 1. The van der Waals surface area contributed by atoms with Gasteiger partial charge in [-0.1, -0.05) is 94.6 Å². The molecule has 250 valence electrons. The van der Waals surface area contributed by atoms with Crippen LogP contribution >= 0.6 is 7.82 Å². The summed E-state index contributed by atoms with van der Waals surface area (Å²) < 4.78 is 23.3. The van der Waals surface area contributed by atoms with Gasteiger partial charge in [0.1, 0.15) is 13.2 Å². The Bertz CT molecular complexity index is 850. The molecule has 0 saturated heterocycles. The van der Waals surface area contributed by atoms with Crippen molar-refractivity contribution in [3.05, 3.63) is 48.6 Å². The SMILES string of the molecule is CCC/C=C/CC/C=C/CC/C=C/C(O)C(COP(=O)(O)OCC[N+](C)(C)C)NC(=O)CCCCCC/C=C\CCCC. The number of hydrogen-bond acceptors (Lipinski definition) is 5. The van der Waals surface area contributed by atoms with Gasteiger partial charge in [-0.15, -0.1) is 0 Å². The summed E-state index contributed by atoms with van der Waals surface area (Å²) >= 11 is 0. The maximum absolute atomic E-state index is 12.7. The highest BCUT2D eigenvalue weighted by atomic mass is 31.2. The van der Waals surface area contributed by atoms with Crippen LogP contribution in [0.2, 0.25) is 0 Å². The van der Waals surface area contributed by atoms with E-state index < -0.39 is 20.0 Å². The summed E-state index contributed by atoms with van der Waals surface area (Å²) in [5.41, 5.74) is 0. The first-order valence-electron chi connectivity index (χ1n) is 16.5. The second kappa shape index (κ2) is 26.8. The molecule has 3 unspecified atom stereocenters. The molecule has 0 heterocycles. The van der Waals surface area contributed by atoms with Crippen LogP contribution in [0.1, 0.15) is 110 Å². The Labute approximate surface area is 263 Å². The van der Waals surface area contributed by atoms with Crippen LogP contribution in [-0.2, 0) is 18.4 Å². The minimum Gasteiger partial charge on any atom is -0.387 e. The standard InChI is InChI=1S/C34H63N2O6P/c1-6-8-10-12-14-16-18-19-21-23-25-27-33(37)32(31-42-43(39,40)41-30-29-36(3,4)5)35-34(38)28-26-24-22-20-17-15-13-11-9-7-2/h10,12-13,15,18-19,25,27,32-33,37H,6-9,11,14,16-17,20-24,26,28-31H2,1-5H3,(H-,35,38,39,40)/p+1/b12-10+,15-13-,19-18+,27-25+. The van der Waals surface area contributed by atoms with Crippen molar-refractivity contribution in [2.75, 3.05) is 40.9 Å². The monoisotopic (exact) mass is 627 g/mol. The van der Waals surface area contributed by atoms with E-state index in [9.17, 15) is 19.4 Å². The number of phosphoric ester groups is 1. The molecule has 0 bridgehead atoms. The Morgan fingerprint density at radius 2 is 1.33 bits per heavy atom. The van der Waals surface area contributed by atoms with Crippen LogP contribution in [0.3, 0.4) is 0 Å². The van der Waals surface area contributed by atoms with E-state index in [2.05, 4.69) is 55.6 Å². The molecule has 0 aromatic rings. The molecule has 1 amide bonds. The van der Waals surface area contributed by atoms with E-state index in [1.807, 2.05) is 27.2 Å². The Kier molecular flexibility index (Phi) is 25.9. The van der Waals surface area contributed by atoms with Gasteiger partial charge >= 0.3 is 7.82 Å². The van der Waals surface area contributed by atoms with Crippen molar-refractivity contribution in [3.8, 4) is 0 Å². The molecule has 3 N–H and O–H groups in total. The lowest BCUT2D eigenvalue weighted by atomic mass is 10.1. The number of allylic oxidation sites excluding steroid dienone is 7. The average Bonchev–Trinajstić information content (AvgIpc) is 2.94. The van der Waals surface area contributed by atoms with Gasteiger partial charge in [0.25, 0.3) is 0 Å². The van der Waals surface area contributed by atoms with E-state index in [0.717, 1.165) is 70.6 Å². The second-order valence-corrected chi connectivity index (χ2v) is 13.6. The number of aliphatic hydroxyl groups is 1. The Morgan fingerprint density at radius 3 is 1.93 bits per heavy atom. The van der Waals surface area contributed by atoms with Crippen LogP contribution in [0.5, 0.6) is 0 Å². The van der Waals surface area contributed by atoms with Gasteiger partial charge < -0.3 is 19.8 Å². The highest BCUT2D eigenvalue weighted by molar-refractivity contribution is 7.47. The average molecular weight is 628 g/mol. The van der Waals surface area contributed by atoms with Gasteiger partial charge in [-0.25, -0.2) is 4.57 Å². The fourth-order valence-corrected chi connectivity index (χ4v) is 4.73. The van der Waals surface area contributed by atoms with Crippen molar-refractivity contribution in [2.45, 2.75) is 122 Å². The summed E-state index contributed by atoms with van der Waals surface area (Å²) in [5, 5.41) is 13.6. The topological polar surface area (TPSA) is 105 Å². The molecule has 0 aromatic carbocycles. The molecule has 0 rings (SSSR count). The van der Waals surface area contributed by atoms with Crippen LogP contribution < -0.4 is 5.32 Å². The largest absolute Gasteiger partial charge is 0.472 e. The first-order valence-corrected chi connectivity index (χ1v) is 18.0. The van der Waals surface area contributed by atoms with Crippen molar-refractivity contribution in [1.29, 1.82) is 0 Å². The second-order valence-electron chi connectivity index (χ2n) is 12.2. The van der Waals surface area contributed by atoms with Crippen molar-refractivity contribution >= 4 is 13.7 Å². The first-order chi connectivity index (χ1) is 20.5. The van der Waals surface area contributed by atoms with E-state index in [4.69, 9.17) is 9.05 Å².